The Labute approximate surface area is 94.0 Å². The number of ether oxygens (including phenoxy) is 1. The molecular weight excluding hydrogens is 200 g/mol. The Morgan fingerprint density at radius 1 is 1.31 bits per heavy atom. The smallest absolute Gasteiger partial charge is 0.152 e. The van der Waals surface area contributed by atoms with E-state index in [9.17, 15) is 0 Å². The highest BCUT2D eigenvalue weighted by Gasteiger charge is 2.09. The van der Waals surface area contributed by atoms with Gasteiger partial charge in [0.05, 0.1) is 0 Å². The van der Waals surface area contributed by atoms with Crippen molar-refractivity contribution in [2.45, 2.75) is 0 Å². The van der Waals surface area contributed by atoms with E-state index in [4.69, 9.17) is 16.6 Å². The van der Waals surface area contributed by atoms with Crippen molar-refractivity contribution >= 4 is 17.6 Å². The Bertz CT molecular complexity index is 504. The maximum absolute atomic E-state index is 7.58. The largest absolute Gasteiger partial charge is 0.481 e. The molecule has 0 bridgehead atoms. The topological polar surface area (TPSA) is 45.4 Å². The van der Waals surface area contributed by atoms with E-state index in [0.717, 1.165) is 16.9 Å². The first-order valence-corrected chi connectivity index (χ1v) is 4.81. The molecule has 0 aromatic heterocycles. The second kappa shape index (κ2) is 4.45. The van der Waals surface area contributed by atoms with Crippen molar-refractivity contribution in [2.75, 3.05) is 6.61 Å². The molecule has 3 heteroatoms. The average molecular weight is 210 g/mol. The fourth-order valence-electron chi connectivity index (χ4n) is 1.42. The van der Waals surface area contributed by atoms with E-state index in [-0.39, 0.29) is 12.4 Å². The molecule has 0 aliphatic carbocycles. The Morgan fingerprint density at radius 2 is 2.06 bits per heavy atom. The van der Waals surface area contributed by atoms with Gasteiger partial charge < -0.3 is 4.74 Å². The van der Waals surface area contributed by atoms with Gasteiger partial charge in [-0.3, -0.25) is 5.41 Å². The Morgan fingerprint density at radius 3 is 2.62 bits per heavy atom. The molecule has 0 radical (unpaired) electrons. The molecule has 0 atom stereocenters. The molecule has 0 spiro atoms. The molecular formula is C13H10N2O. The fraction of sp³-hybridized carbons (Fsp3) is 0.0769. The summed E-state index contributed by atoms with van der Waals surface area (Å²) in [4.78, 5) is 3.87. The molecule has 16 heavy (non-hydrogen) atoms. The number of hydrogen-bond acceptors (Lipinski definition) is 2. The molecule has 0 fully saturated rings. The maximum atomic E-state index is 7.58. The molecule has 1 N–H and O–H groups in total. The summed E-state index contributed by atoms with van der Waals surface area (Å²) in [5, 5.41) is 7.58. The minimum atomic E-state index is 0.265. The number of terminal acetylenes is 1. The van der Waals surface area contributed by atoms with Gasteiger partial charge in [0.1, 0.15) is 12.4 Å². The highest BCUT2D eigenvalue weighted by atomic mass is 16.5. The monoisotopic (exact) mass is 210 g/mol. The molecule has 0 unspecified atom stereocenters. The van der Waals surface area contributed by atoms with E-state index in [1.807, 2.05) is 30.3 Å². The van der Waals surface area contributed by atoms with Crippen LogP contribution in [0.1, 0.15) is 5.56 Å². The second-order valence-electron chi connectivity index (χ2n) is 3.22. The average Bonchev–Trinajstić information content (AvgIpc) is 2.74. The van der Waals surface area contributed by atoms with Crippen LogP contribution in [0.25, 0.3) is 5.57 Å². The molecule has 1 aliphatic heterocycles. The van der Waals surface area contributed by atoms with Gasteiger partial charge in [0.2, 0.25) is 0 Å². The minimum Gasteiger partial charge on any atom is -0.481 e. The number of hydrogen-bond donors (Lipinski definition) is 1. The van der Waals surface area contributed by atoms with Gasteiger partial charge >= 0.3 is 0 Å². The Hall–Kier alpha value is -2.34. The second-order valence-corrected chi connectivity index (χ2v) is 3.22. The summed E-state index contributed by atoms with van der Waals surface area (Å²) in [7, 11) is 0. The van der Waals surface area contributed by atoms with Crippen molar-refractivity contribution in [3.8, 4) is 18.1 Å². The Balaban J connectivity index is 2.14. The lowest BCUT2D eigenvalue weighted by molar-refractivity contribution is 0.370. The number of rotatable bonds is 3. The van der Waals surface area contributed by atoms with Crippen LogP contribution in [-0.4, -0.2) is 18.7 Å². The highest BCUT2D eigenvalue weighted by Crippen LogP contribution is 2.21. The third-order valence-electron chi connectivity index (χ3n) is 2.19. The molecule has 2 rings (SSSR count). The number of allylic oxidation sites excluding steroid dienone is 1. The number of nitrogens with one attached hydrogen (secondary N) is 1. The number of nitrogens with zero attached hydrogens (tertiary/aromatic N) is 1. The van der Waals surface area contributed by atoms with Crippen LogP contribution in [0, 0.1) is 17.8 Å². The molecule has 1 aliphatic rings. The van der Waals surface area contributed by atoms with Crippen molar-refractivity contribution in [3.63, 3.8) is 0 Å². The van der Waals surface area contributed by atoms with Crippen LogP contribution >= 0.6 is 0 Å². The zero-order valence-electron chi connectivity index (χ0n) is 8.60. The Kier molecular flexibility index (Phi) is 2.84. The first-order valence-electron chi connectivity index (χ1n) is 4.81. The third kappa shape index (κ3) is 2.01. The molecule has 3 nitrogen and oxygen atoms in total. The zero-order chi connectivity index (χ0) is 11.4. The first-order chi connectivity index (χ1) is 7.81. The van der Waals surface area contributed by atoms with Gasteiger partial charge in [0.25, 0.3) is 0 Å². The molecule has 1 heterocycles. The van der Waals surface area contributed by atoms with Crippen molar-refractivity contribution in [1.29, 1.82) is 5.41 Å². The van der Waals surface area contributed by atoms with Crippen LogP contribution in [0.4, 0.5) is 0 Å². The van der Waals surface area contributed by atoms with Crippen molar-refractivity contribution in [1.82, 2.24) is 0 Å². The van der Waals surface area contributed by atoms with Gasteiger partial charge in [0, 0.05) is 11.8 Å². The van der Waals surface area contributed by atoms with E-state index < -0.39 is 0 Å². The normalized spacial score (nSPS) is 13.4. The summed E-state index contributed by atoms with van der Waals surface area (Å²) in [5.41, 5.74) is 1.78. The molecule has 0 saturated carbocycles. The van der Waals surface area contributed by atoms with Gasteiger partial charge in [-0.25, -0.2) is 4.99 Å². The lowest BCUT2D eigenvalue weighted by Crippen LogP contribution is -1.95. The first kappa shape index (κ1) is 10.2. The number of benzene rings is 1. The van der Waals surface area contributed by atoms with Crippen molar-refractivity contribution < 1.29 is 4.74 Å². The van der Waals surface area contributed by atoms with Crippen LogP contribution in [0.15, 0.2) is 35.3 Å². The van der Waals surface area contributed by atoms with E-state index >= 15 is 0 Å². The molecule has 1 aromatic carbocycles. The lowest BCUT2D eigenvalue weighted by atomic mass is 10.1. The summed E-state index contributed by atoms with van der Waals surface area (Å²) in [6.07, 6.45) is 8.54. The SMILES string of the molecule is C#CCOc1ccc(C2=CC=NC2=N)cc1. The predicted molar refractivity (Wildman–Crippen MR) is 65.0 cm³/mol. The van der Waals surface area contributed by atoms with Crippen LogP contribution in [0.2, 0.25) is 0 Å². The van der Waals surface area contributed by atoms with Crippen LogP contribution in [-0.2, 0) is 0 Å². The standard InChI is InChI=1S/C13H10N2O/c1-2-9-16-11-5-3-10(4-6-11)12-7-8-15-13(12)14/h1,3-8,14H,9H2. The van der Waals surface area contributed by atoms with E-state index in [1.165, 1.54) is 0 Å². The van der Waals surface area contributed by atoms with Gasteiger partial charge in [-0.1, -0.05) is 18.1 Å². The summed E-state index contributed by atoms with van der Waals surface area (Å²) in [5.74, 6) is 3.42. The van der Waals surface area contributed by atoms with Gasteiger partial charge in [-0.2, -0.15) is 0 Å². The molecule has 78 valence electrons. The van der Waals surface area contributed by atoms with Gasteiger partial charge in [-0.15, -0.1) is 6.42 Å². The number of amidine groups is 1. The number of aliphatic imine (C=N–C) groups is 1. The van der Waals surface area contributed by atoms with Gasteiger partial charge in [0.15, 0.2) is 5.84 Å². The maximum Gasteiger partial charge on any atom is 0.152 e. The summed E-state index contributed by atoms with van der Waals surface area (Å²) >= 11 is 0. The lowest BCUT2D eigenvalue weighted by Gasteiger charge is -2.04. The summed E-state index contributed by atoms with van der Waals surface area (Å²) in [6, 6.07) is 7.44. The molecule has 0 saturated heterocycles. The van der Waals surface area contributed by atoms with Crippen LogP contribution in [0.5, 0.6) is 5.75 Å². The van der Waals surface area contributed by atoms with E-state index in [2.05, 4.69) is 10.9 Å². The minimum absolute atomic E-state index is 0.265. The van der Waals surface area contributed by atoms with E-state index in [1.54, 1.807) is 6.21 Å². The molecule has 0 amide bonds. The highest BCUT2D eigenvalue weighted by molar-refractivity contribution is 6.29. The fourth-order valence-corrected chi connectivity index (χ4v) is 1.42. The quantitative estimate of drug-likeness (QED) is 0.763. The summed E-state index contributed by atoms with van der Waals surface area (Å²) in [6.45, 7) is 0.265. The van der Waals surface area contributed by atoms with Gasteiger partial charge in [-0.05, 0) is 23.8 Å². The third-order valence-corrected chi connectivity index (χ3v) is 2.19. The molecule has 1 aromatic rings. The van der Waals surface area contributed by atoms with Crippen molar-refractivity contribution in [3.05, 3.63) is 35.9 Å². The zero-order valence-corrected chi connectivity index (χ0v) is 8.60. The summed E-state index contributed by atoms with van der Waals surface area (Å²) < 4.78 is 5.26. The van der Waals surface area contributed by atoms with Crippen LogP contribution in [0.3, 0.4) is 0 Å². The predicted octanol–water partition coefficient (Wildman–Crippen LogP) is 2.14. The van der Waals surface area contributed by atoms with E-state index in [0.29, 0.717) is 0 Å². The van der Waals surface area contributed by atoms with Crippen molar-refractivity contribution in [2.24, 2.45) is 4.99 Å². The van der Waals surface area contributed by atoms with Crippen LogP contribution < -0.4 is 4.74 Å².